The maximum absolute atomic E-state index is 13.4. The molecular weight excluding hydrogens is 438 g/mol. The predicted molar refractivity (Wildman–Crippen MR) is 137 cm³/mol. The Morgan fingerprint density at radius 1 is 0.914 bits per heavy atom. The minimum absolute atomic E-state index is 0.0254. The van der Waals surface area contributed by atoms with Crippen molar-refractivity contribution in [1.82, 2.24) is 14.4 Å². The lowest BCUT2D eigenvalue weighted by Crippen LogP contribution is -2.47. The summed E-state index contributed by atoms with van der Waals surface area (Å²) >= 11 is 0. The third-order valence-electron chi connectivity index (χ3n) is 7.47. The molecule has 3 heterocycles. The van der Waals surface area contributed by atoms with Crippen LogP contribution in [0.3, 0.4) is 0 Å². The number of esters is 1. The highest BCUT2D eigenvalue weighted by Crippen LogP contribution is 2.28. The SMILES string of the molecule is CCOC(=O)C1CCN(C(=O)C2CCCN(Cc3cc4ccccc4n3-c3ccccc3)C2)CC1. The number of hydrogen-bond donors (Lipinski definition) is 0. The van der Waals surface area contributed by atoms with Crippen molar-refractivity contribution in [3.05, 3.63) is 66.4 Å². The molecule has 6 heteroatoms. The second-order valence-corrected chi connectivity index (χ2v) is 9.79. The quantitative estimate of drug-likeness (QED) is 0.489. The summed E-state index contributed by atoms with van der Waals surface area (Å²) < 4.78 is 7.52. The lowest BCUT2D eigenvalue weighted by atomic mass is 9.92. The molecule has 184 valence electrons. The lowest BCUT2D eigenvalue weighted by molar-refractivity contribution is -0.152. The molecule has 0 saturated carbocycles. The molecule has 0 aliphatic carbocycles. The van der Waals surface area contributed by atoms with Gasteiger partial charge in [0.05, 0.1) is 24.0 Å². The summed E-state index contributed by atoms with van der Waals surface area (Å²) in [5, 5.41) is 1.24. The molecule has 2 aliphatic rings. The Labute approximate surface area is 207 Å². The number of fused-ring (bicyclic) bond motifs is 1. The highest BCUT2D eigenvalue weighted by molar-refractivity contribution is 5.83. The molecule has 5 rings (SSSR count). The maximum Gasteiger partial charge on any atom is 0.309 e. The number of carbonyl (C=O) groups excluding carboxylic acids is 2. The first-order valence-corrected chi connectivity index (χ1v) is 13.0. The third-order valence-corrected chi connectivity index (χ3v) is 7.47. The van der Waals surface area contributed by atoms with Crippen LogP contribution in [0.5, 0.6) is 0 Å². The minimum Gasteiger partial charge on any atom is -0.466 e. The second-order valence-electron chi connectivity index (χ2n) is 9.79. The van der Waals surface area contributed by atoms with Crippen LogP contribution in [-0.4, -0.2) is 59.0 Å². The molecule has 2 aromatic carbocycles. The van der Waals surface area contributed by atoms with Crippen molar-refractivity contribution in [3.63, 3.8) is 0 Å². The molecule has 2 aliphatic heterocycles. The van der Waals surface area contributed by atoms with Crippen molar-refractivity contribution < 1.29 is 14.3 Å². The zero-order valence-corrected chi connectivity index (χ0v) is 20.6. The molecule has 2 fully saturated rings. The number of carbonyl (C=O) groups is 2. The van der Waals surface area contributed by atoms with Gasteiger partial charge in [0.1, 0.15) is 0 Å². The Morgan fingerprint density at radius 2 is 1.66 bits per heavy atom. The lowest BCUT2D eigenvalue weighted by Gasteiger charge is -2.37. The maximum atomic E-state index is 13.4. The normalized spacial score (nSPS) is 19.7. The van der Waals surface area contributed by atoms with Crippen molar-refractivity contribution in [2.75, 3.05) is 32.8 Å². The zero-order valence-electron chi connectivity index (χ0n) is 20.6. The highest BCUT2D eigenvalue weighted by Gasteiger charge is 2.33. The number of benzene rings is 2. The Morgan fingerprint density at radius 3 is 2.43 bits per heavy atom. The third kappa shape index (κ3) is 5.13. The summed E-state index contributed by atoms with van der Waals surface area (Å²) in [6.07, 6.45) is 3.38. The molecule has 6 nitrogen and oxygen atoms in total. The van der Waals surface area contributed by atoms with Gasteiger partial charge in [-0.3, -0.25) is 14.5 Å². The molecule has 0 bridgehead atoms. The number of para-hydroxylation sites is 2. The number of piperidine rings is 2. The first kappa shape index (κ1) is 23.6. The monoisotopic (exact) mass is 473 g/mol. The number of ether oxygens (including phenoxy) is 1. The van der Waals surface area contributed by atoms with Crippen molar-refractivity contribution in [3.8, 4) is 5.69 Å². The molecule has 1 atom stereocenters. The minimum atomic E-state index is -0.114. The fourth-order valence-electron chi connectivity index (χ4n) is 5.69. The molecule has 3 aromatic rings. The van der Waals surface area contributed by atoms with Gasteiger partial charge in [-0.05, 0) is 63.4 Å². The number of likely N-dealkylation sites (tertiary alicyclic amines) is 2. The molecule has 0 radical (unpaired) electrons. The van der Waals surface area contributed by atoms with Gasteiger partial charge in [0.2, 0.25) is 5.91 Å². The van der Waals surface area contributed by atoms with E-state index in [1.807, 2.05) is 17.9 Å². The van der Waals surface area contributed by atoms with E-state index in [0.29, 0.717) is 32.5 Å². The van der Waals surface area contributed by atoms with Crippen LogP contribution in [0.2, 0.25) is 0 Å². The van der Waals surface area contributed by atoms with Gasteiger partial charge in [-0.2, -0.15) is 0 Å². The van der Waals surface area contributed by atoms with Gasteiger partial charge in [0.15, 0.2) is 0 Å². The van der Waals surface area contributed by atoms with Gasteiger partial charge in [-0.25, -0.2) is 0 Å². The molecule has 0 N–H and O–H groups in total. The number of rotatable bonds is 6. The number of aromatic nitrogens is 1. The van der Waals surface area contributed by atoms with E-state index in [1.165, 1.54) is 16.6 Å². The second kappa shape index (κ2) is 10.6. The summed E-state index contributed by atoms with van der Waals surface area (Å²) in [6.45, 7) is 6.17. The summed E-state index contributed by atoms with van der Waals surface area (Å²) in [5.41, 5.74) is 3.63. The van der Waals surface area contributed by atoms with Gasteiger partial charge in [-0.15, -0.1) is 0 Å². The van der Waals surface area contributed by atoms with E-state index >= 15 is 0 Å². The predicted octanol–water partition coefficient (Wildman–Crippen LogP) is 4.64. The molecule has 1 aromatic heterocycles. The zero-order chi connectivity index (χ0) is 24.2. The molecule has 1 unspecified atom stereocenters. The fraction of sp³-hybridized carbons (Fsp3) is 0.448. The van der Waals surface area contributed by atoms with E-state index < -0.39 is 0 Å². The van der Waals surface area contributed by atoms with E-state index in [1.54, 1.807) is 0 Å². The van der Waals surface area contributed by atoms with Crippen LogP contribution >= 0.6 is 0 Å². The first-order chi connectivity index (χ1) is 17.1. The Kier molecular flexibility index (Phi) is 7.19. The van der Waals surface area contributed by atoms with Crippen LogP contribution in [-0.2, 0) is 20.9 Å². The summed E-state index contributed by atoms with van der Waals surface area (Å²) in [4.78, 5) is 29.8. The van der Waals surface area contributed by atoms with E-state index in [9.17, 15) is 9.59 Å². The Bertz CT molecular complexity index is 1160. The largest absolute Gasteiger partial charge is 0.466 e. The number of hydrogen-bond acceptors (Lipinski definition) is 4. The standard InChI is InChI=1S/C29H35N3O3/c1-2-35-29(34)22-14-17-31(18-15-22)28(33)24-10-8-16-30(20-24)21-26-19-23-9-6-7-13-27(23)32(26)25-11-4-3-5-12-25/h3-7,9,11-13,19,22,24H,2,8,10,14-18,20-21H2,1H3. The van der Waals surface area contributed by atoms with Crippen LogP contribution in [0.1, 0.15) is 38.3 Å². The van der Waals surface area contributed by atoms with Crippen molar-refractivity contribution in [2.45, 2.75) is 39.2 Å². The van der Waals surface area contributed by atoms with Gasteiger partial charge in [0.25, 0.3) is 0 Å². The summed E-state index contributed by atoms with van der Waals surface area (Å²) in [6, 6.07) is 21.3. The van der Waals surface area contributed by atoms with Gasteiger partial charge in [0, 0.05) is 42.9 Å². The van der Waals surface area contributed by atoms with Crippen LogP contribution in [0.15, 0.2) is 60.7 Å². The first-order valence-electron chi connectivity index (χ1n) is 13.0. The van der Waals surface area contributed by atoms with E-state index in [2.05, 4.69) is 64.1 Å². The van der Waals surface area contributed by atoms with Crippen LogP contribution in [0, 0.1) is 11.8 Å². The van der Waals surface area contributed by atoms with Gasteiger partial charge in [-0.1, -0.05) is 36.4 Å². The smallest absolute Gasteiger partial charge is 0.309 e. The van der Waals surface area contributed by atoms with E-state index in [0.717, 1.165) is 38.2 Å². The van der Waals surface area contributed by atoms with E-state index in [4.69, 9.17) is 4.74 Å². The number of nitrogens with zero attached hydrogens (tertiary/aromatic N) is 3. The van der Waals surface area contributed by atoms with Crippen molar-refractivity contribution in [1.29, 1.82) is 0 Å². The van der Waals surface area contributed by atoms with E-state index in [-0.39, 0.29) is 23.7 Å². The summed E-state index contributed by atoms with van der Waals surface area (Å²) in [5.74, 6) is 0.0945. The van der Waals surface area contributed by atoms with Gasteiger partial charge < -0.3 is 14.2 Å². The molecule has 2 saturated heterocycles. The molecular formula is C29H35N3O3. The van der Waals surface area contributed by atoms with Crippen LogP contribution in [0.25, 0.3) is 16.6 Å². The number of amides is 1. The molecule has 35 heavy (non-hydrogen) atoms. The molecule has 0 spiro atoms. The molecule has 1 amide bonds. The van der Waals surface area contributed by atoms with Crippen molar-refractivity contribution in [2.24, 2.45) is 11.8 Å². The van der Waals surface area contributed by atoms with Gasteiger partial charge >= 0.3 is 5.97 Å². The summed E-state index contributed by atoms with van der Waals surface area (Å²) in [7, 11) is 0. The highest BCUT2D eigenvalue weighted by atomic mass is 16.5. The average molecular weight is 474 g/mol. The topological polar surface area (TPSA) is 54.8 Å². The Balaban J connectivity index is 1.27. The Hall–Kier alpha value is -3.12. The van der Waals surface area contributed by atoms with Crippen LogP contribution < -0.4 is 0 Å². The van der Waals surface area contributed by atoms with Crippen molar-refractivity contribution >= 4 is 22.8 Å². The fourth-order valence-corrected chi connectivity index (χ4v) is 5.69. The van der Waals surface area contributed by atoms with Crippen LogP contribution in [0.4, 0.5) is 0 Å². The average Bonchev–Trinajstić information content (AvgIpc) is 3.27.